The van der Waals surface area contributed by atoms with Gasteiger partial charge < -0.3 is 15.3 Å². The minimum absolute atomic E-state index is 0.00124. The molecular formula is C14H19ClN2O2. The first kappa shape index (κ1) is 14.2. The number of carbonyl (C=O) groups is 1. The Bertz CT molecular complexity index is 457. The number of aliphatic hydroxyl groups is 1. The van der Waals surface area contributed by atoms with Gasteiger partial charge in [-0.3, -0.25) is 4.79 Å². The summed E-state index contributed by atoms with van der Waals surface area (Å²) in [5.74, 6) is 0.234. The summed E-state index contributed by atoms with van der Waals surface area (Å²) in [7, 11) is 1.68. The average molecular weight is 283 g/mol. The molecule has 1 heterocycles. The van der Waals surface area contributed by atoms with Crippen molar-refractivity contribution in [2.45, 2.75) is 19.4 Å². The molecule has 2 rings (SSSR count). The number of piperidine rings is 1. The zero-order valence-electron chi connectivity index (χ0n) is 11.0. The van der Waals surface area contributed by atoms with Crippen LogP contribution in [0.2, 0.25) is 5.02 Å². The van der Waals surface area contributed by atoms with Crippen molar-refractivity contribution in [2.24, 2.45) is 5.92 Å². The highest BCUT2D eigenvalue weighted by Crippen LogP contribution is 2.30. The lowest BCUT2D eigenvalue weighted by Gasteiger charge is -2.33. The topological polar surface area (TPSA) is 52.6 Å². The standard InChI is InChI=1S/C14H19ClN2O2/c1-16-14(19)11-4-6-17(7-5-11)13-3-2-10(9-18)8-12(13)15/h2-3,8,11,18H,4-7,9H2,1H3,(H,16,19). The number of aliphatic hydroxyl groups excluding tert-OH is 1. The molecule has 0 spiro atoms. The van der Waals surface area contributed by atoms with Crippen molar-refractivity contribution in [1.82, 2.24) is 5.32 Å². The Morgan fingerprint density at radius 2 is 2.16 bits per heavy atom. The second kappa shape index (κ2) is 6.26. The van der Waals surface area contributed by atoms with Crippen molar-refractivity contribution in [3.8, 4) is 0 Å². The number of anilines is 1. The minimum atomic E-state index is -0.00124. The van der Waals surface area contributed by atoms with Crippen molar-refractivity contribution in [3.05, 3.63) is 28.8 Å². The van der Waals surface area contributed by atoms with Crippen molar-refractivity contribution in [1.29, 1.82) is 0 Å². The summed E-state index contributed by atoms with van der Waals surface area (Å²) in [5, 5.41) is 12.4. The number of halogens is 1. The molecule has 5 heteroatoms. The van der Waals surface area contributed by atoms with E-state index in [4.69, 9.17) is 16.7 Å². The number of amides is 1. The maximum atomic E-state index is 11.6. The smallest absolute Gasteiger partial charge is 0.222 e. The molecule has 1 aromatic carbocycles. The molecule has 1 amide bonds. The highest BCUT2D eigenvalue weighted by Gasteiger charge is 2.25. The number of hydrogen-bond donors (Lipinski definition) is 2. The zero-order valence-corrected chi connectivity index (χ0v) is 11.8. The van der Waals surface area contributed by atoms with Gasteiger partial charge >= 0.3 is 0 Å². The van der Waals surface area contributed by atoms with Gasteiger partial charge in [0.15, 0.2) is 0 Å². The van der Waals surface area contributed by atoms with Gasteiger partial charge in [-0.05, 0) is 30.5 Å². The second-order valence-corrected chi connectivity index (χ2v) is 5.23. The molecule has 1 saturated heterocycles. The third-order valence-electron chi connectivity index (χ3n) is 3.65. The quantitative estimate of drug-likeness (QED) is 0.889. The van der Waals surface area contributed by atoms with Crippen molar-refractivity contribution in [2.75, 3.05) is 25.0 Å². The summed E-state index contributed by atoms with van der Waals surface area (Å²) in [5.41, 5.74) is 1.79. The van der Waals surface area contributed by atoms with Crippen LogP contribution in [0.15, 0.2) is 18.2 Å². The van der Waals surface area contributed by atoms with Gasteiger partial charge in [-0.2, -0.15) is 0 Å². The molecule has 0 atom stereocenters. The third-order valence-corrected chi connectivity index (χ3v) is 3.95. The van der Waals surface area contributed by atoms with Gasteiger partial charge in [0.2, 0.25) is 5.91 Å². The summed E-state index contributed by atoms with van der Waals surface area (Å²) in [6, 6.07) is 5.61. The van der Waals surface area contributed by atoms with Crippen LogP contribution < -0.4 is 10.2 Å². The molecule has 0 bridgehead atoms. The van der Waals surface area contributed by atoms with Gasteiger partial charge in [-0.25, -0.2) is 0 Å². The Hall–Kier alpha value is -1.26. The van der Waals surface area contributed by atoms with Crippen molar-refractivity contribution in [3.63, 3.8) is 0 Å². The van der Waals surface area contributed by atoms with Crippen LogP contribution in [0.3, 0.4) is 0 Å². The number of benzene rings is 1. The van der Waals surface area contributed by atoms with Gasteiger partial charge in [-0.1, -0.05) is 17.7 Å². The van der Waals surface area contributed by atoms with Crippen LogP contribution in [0.4, 0.5) is 5.69 Å². The predicted molar refractivity (Wildman–Crippen MR) is 76.4 cm³/mol. The van der Waals surface area contributed by atoms with Crippen LogP contribution in [-0.4, -0.2) is 31.2 Å². The third kappa shape index (κ3) is 3.19. The van der Waals surface area contributed by atoms with E-state index in [0.717, 1.165) is 37.2 Å². The van der Waals surface area contributed by atoms with E-state index in [2.05, 4.69) is 10.2 Å². The largest absolute Gasteiger partial charge is 0.392 e. The fourth-order valence-corrected chi connectivity index (χ4v) is 2.81. The molecule has 0 aromatic heterocycles. The number of nitrogens with zero attached hydrogens (tertiary/aromatic N) is 1. The first-order valence-electron chi connectivity index (χ1n) is 6.51. The summed E-state index contributed by atoms with van der Waals surface area (Å²) < 4.78 is 0. The molecule has 1 aliphatic heterocycles. The van der Waals surface area contributed by atoms with Gasteiger partial charge in [-0.15, -0.1) is 0 Å². The molecule has 2 N–H and O–H groups in total. The monoisotopic (exact) mass is 282 g/mol. The van der Waals surface area contributed by atoms with E-state index in [0.29, 0.717) is 5.02 Å². The second-order valence-electron chi connectivity index (χ2n) is 4.82. The highest BCUT2D eigenvalue weighted by atomic mass is 35.5. The first-order chi connectivity index (χ1) is 9.15. The van der Waals surface area contributed by atoms with Crippen LogP contribution >= 0.6 is 11.6 Å². The normalized spacial score (nSPS) is 16.5. The van der Waals surface area contributed by atoms with Gasteiger partial charge in [0.1, 0.15) is 0 Å². The molecule has 104 valence electrons. The van der Waals surface area contributed by atoms with Crippen LogP contribution in [0.5, 0.6) is 0 Å². The fraction of sp³-hybridized carbons (Fsp3) is 0.500. The van der Waals surface area contributed by atoms with Crippen molar-refractivity contribution < 1.29 is 9.90 Å². The summed E-state index contributed by atoms with van der Waals surface area (Å²) >= 11 is 6.24. The van der Waals surface area contributed by atoms with Crippen molar-refractivity contribution >= 4 is 23.2 Å². The summed E-state index contributed by atoms with van der Waals surface area (Å²) in [4.78, 5) is 13.8. The summed E-state index contributed by atoms with van der Waals surface area (Å²) in [6.07, 6.45) is 1.69. The lowest BCUT2D eigenvalue weighted by molar-refractivity contribution is -0.125. The lowest BCUT2D eigenvalue weighted by atomic mass is 9.95. The molecule has 1 aromatic rings. The van der Waals surface area contributed by atoms with E-state index in [1.165, 1.54) is 0 Å². The number of carbonyl (C=O) groups excluding carboxylic acids is 1. The maximum Gasteiger partial charge on any atom is 0.222 e. The molecule has 1 aliphatic rings. The SMILES string of the molecule is CNC(=O)C1CCN(c2ccc(CO)cc2Cl)CC1. The fourth-order valence-electron chi connectivity index (χ4n) is 2.49. The highest BCUT2D eigenvalue weighted by molar-refractivity contribution is 6.33. The Balaban J connectivity index is 2.03. The molecule has 0 saturated carbocycles. The number of nitrogens with one attached hydrogen (secondary N) is 1. The molecule has 0 aliphatic carbocycles. The van der Waals surface area contributed by atoms with Crippen LogP contribution in [0.1, 0.15) is 18.4 Å². The first-order valence-corrected chi connectivity index (χ1v) is 6.89. The van der Waals surface area contributed by atoms with E-state index in [1.54, 1.807) is 13.1 Å². The molecule has 0 radical (unpaired) electrons. The Morgan fingerprint density at radius 1 is 1.47 bits per heavy atom. The summed E-state index contributed by atoms with van der Waals surface area (Å²) in [6.45, 7) is 1.66. The van der Waals surface area contributed by atoms with E-state index < -0.39 is 0 Å². The molecule has 1 fully saturated rings. The van der Waals surface area contributed by atoms with Gasteiger partial charge in [0, 0.05) is 26.1 Å². The number of hydrogen-bond acceptors (Lipinski definition) is 3. The van der Waals surface area contributed by atoms with Gasteiger partial charge in [0.25, 0.3) is 0 Å². The van der Waals surface area contributed by atoms with Crippen LogP contribution in [0.25, 0.3) is 0 Å². The molecule has 0 unspecified atom stereocenters. The maximum absolute atomic E-state index is 11.6. The van der Waals surface area contributed by atoms with Gasteiger partial charge in [0.05, 0.1) is 17.3 Å². The van der Waals surface area contributed by atoms with E-state index in [-0.39, 0.29) is 18.4 Å². The van der Waals surface area contributed by atoms with Crippen LogP contribution in [0, 0.1) is 5.92 Å². The Kier molecular flexibility index (Phi) is 4.66. The average Bonchev–Trinajstić information content (AvgIpc) is 2.46. The molecule has 19 heavy (non-hydrogen) atoms. The lowest BCUT2D eigenvalue weighted by Crippen LogP contribution is -2.39. The van der Waals surface area contributed by atoms with E-state index >= 15 is 0 Å². The zero-order chi connectivity index (χ0) is 13.8. The van der Waals surface area contributed by atoms with E-state index in [9.17, 15) is 4.79 Å². The van der Waals surface area contributed by atoms with Crippen LogP contribution in [-0.2, 0) is 11.4 Å². The molecule has 4 nitrogen and oxygen atoms in total. The Labute approximate surface area is 118 Å². The van der Waals surface area contributed by atoms with E-state index in [1.807, 2.05) is 12.1 Å². The number of rotatable bonds is 3. The molecular weight excluding hydrogens is 264 g/mol. The minimum Gasteiger partial charge on any atom is -0.392 e. The predicted octanol–water partition coefficient (Wildman–Crippen LogP) is 1.79. The Morgan fingerprint density at radius 3 is 2.68 bits per heavy atom.